The third-order valence-corrected chi connectivity index (χ3v) is 6.99. The van der Waals surface area contributed by atoms with Gasteiger partial charge in [-0.1, -0.05) is 17.7 Å². The van der Waals surface area contributed by atoms with Crippen LogP contribution in [0.15, 0.2) is 59.5 Å². The fraction of sp³-hybridized carbons (Fsp3) is 0.208. The van der Waals surface area contributed by atoms with Gasteiger partial charge in [0.25, 0.3) is 10.0 Å². The number of hydrogen-bond acceptors (Lipinski definition) is 5. The summed E-state index contributed by atoms with van der Waals surface area (Å²) in [6.07, 6.45) is 0. The molecule has 0 fully saturated rings. The van der Waals surface area contributed by atoms with Crippen molar-refractivity contribution in [2.45, 2.75) is 18.7 Å². The summed E-state index contributed by atoms with van der Waals surface area (Å²) in [5.41, 5.74) is 2.21. The zero-order chi connectivity index (χ0) is 25.0. The van der Waals surface area contributed by atoms with Crippen LogP contribution in [-0.4, -0.2) is 35.1 Å². The molecule has 0 aliphatic carbocycles. The lowest BCUT2D eigenvalue weighted by Crippen LogP contribution is -2.38. The summed E-state index contributed by atoms with van der Waals surface area (Å²) in [6.45, 7) is 3.13. The van der Waals surface area contributed by atoms with E-state index in [0.717, 1.165) is 21.5 Å². The fourth-order valence-electron chi connectivity index (χ4n) is 3.42. The minimum atomic E-state index is -4.20. The number of anilines is 2. The molecule has 3 aromatic rings. The minimum Gasteiger partial charge on any atom is -0.493 e. The van der Waals surface area contributed by atoms with Gasteiger partial charge in [0.1, 0.15) is 12.4 Å². The van der Waals surface area contributed by atoms with Crippen LogP contribution in [0.1, 0.15) is 11.1 Å². The van der Waals surface area contributed by atoms with Crippen molar-refractivity contribution in [2.75, 3.05) is 30.4 Å². The van der Waals surface area contributed by atoms with Crippen molar-refractivity contribution < 1.29 is 27.1 Å². The first kappa shape index (κ1) is 25.3. The standard InChI is InChI=1S/C24H24ClFN2O5S/c1-15-9-16(2)11-18(10-15)28(14-24(29)27-17-5-7-21(26)20(25)12-17)34(30,31)19-6-8-22(32-3)23(13-19)33-4/h5-13H,14H2,1-4H3,(H,27,29). The van der Waals surface area contributed by atoms with Crippen LogP contribution in [-0.2, 0) is 14.8 Å². The number of rotatable bonds is 8. The zero-order valence-corrected chi connectivity index (χ0v) is 20.6. The predicted molar refractivity (Wildman–Crippen MR) is 130 cm³/mol. The molecule has 0 aromatic heterocycles. The van der Waals surface area contributed by atoms with Crippen LogP contribution < -0.4 is 19.1 Å². The van der Waals surface area contributed by atoms with E-state index in [1.807, 2.05) is 19.9 Å². The van der Waals surface area contributed by atoms with Crippen molar-refractivity contribution in [3.05, 3.63) is 76.6 Å². The second-order valence-electron chi connectivity index (χ2n) is 7.55. The van der Waals surface area contributed by atoms with Gasteiger partial charge in [0.2, 0.25) is 5.91 Å². The molecule has 34 heavy (non-hydrogen) atoms. The molecule has 0 saturated heterocycles. The van der Waals surface area contributed by atoms with Gasteiger partial charge in [-0.25, -0.2) is 12.8 Å². The van der Waals surface area contributed by atoms with Crippen LogP contribution in [0.4, 0.5) is 15.8 Å². The molecule has 0 radical (unpaired) electrons. The van der Waals surface area contributed by atoms with Crippen molar-refractivity contribution in [1.29, 1.82) is 0 Å². The molecular formula is C24H24ClFN2O5S. The van der Waals surface area contributed by atoms with Crippen LogP contribution in [0.3, 0.4) is 0 Å². The first-order valence-electron chi connectivity index (χ1n) is 10.1. The molecular weight excluding hydrogens is 483 g/mol. The Morgan fingerprint density at radius 1 is 0.971 bits per heavy atom. The first-order valence-corrected chi connectivity index (χ1v) is 11.9. The lowest BCUT2D eigenvalue weighted by molar-refractivity contribution is -0.114. The van der Waals surface area contributed by atoms with E-state index in [2.05, 4.69) is 5.32 Å². The summed E-state index contributed by atoms with van der Waals surface area (Å²) in [5, 5.41) is 2.40. The lowest BCUT2D eigenvalue weighted by Gasteiger charge is -2.25. The van der Waals surface area contributed by atoms with Crippen LogP contribution in [0.2, 0.25) is 5.02 Å². The summed E-state index contributed by atoms with van der Waals surface area (Å²) in [4.78, 5) is 12.8. The number of nitrogens with zero attached hydrogens (tertiary/aromatic N) is 1. The molecule has 0 bridgehead atoms. The summed E-state index contributed by atoms with van der Waals surface area (Å²) in [6, 6.07) is 13.1. The average molecular weight is 507 g/mol. The maximum absolute atomic E-state index is 13.7. The number of hydrogen-bond donors (Lipinski definition) is 1. The topological polar surface area (TPSA) is 84.9 Å². The number of carbonyl (C=O) groups excluding carboxylic acids is 1. The van der Waals surface area contributed by atoms with Crippen molar-refractivity contribution in [2.24, 2.45) is 0 Å². The normalized spacial score (nSPS) is 11.1. The molecule has 0 atom stereocenters. The molecule has 3 aromatic carbocycles. The van der Waals surface area contributed by atoms with Crippen molar-refractivity contribution in [3.63, 3.8) is 0 Å². The van der Waals surface area contributed by atoms with Gasteiger partial charge in [0.05, 0.1) is 29.8 Å². The Bertz CT molecular complexity index is 1310. The molecule has 0 saturated carbocycles. The average Bonchev–Trinajstić information content (AvgIpc) is 2.78. The first-order chi connectivity index (χ1) is 16.0. The zero-order valence-electron chi connectivity index (χ0n) is 19.1. The quantitative estimate of drug-likeness (QED) is 0.467. The van der Waals surface area contributed by atoms with E-state index >= 15 is 0 Å². The molecule has 0 unspecified atom stereocenters. The maximum atomic E-state index is 13.7. The third-order valence-electron chi connectivity index (χ3n) is 4.93. The Morgan fingerprint density at radius 2 is 1.62 bits per heavy atom. The number of aryl methyl sites for hydroxylation is 2. The Morgan fingerprint density at radius 3 is 2.21 bits per heavy atom. The Balaban J connectivity index is 2.03. The number of nitrogens with one attached hydrogen (secondary N) is 1. The van der Waals surface area contributed by atoms with Gasteiger partial charge in [0.15, 0.2) is 11.5 Å². The van der Waals surface area contributed by atoms with Gasteiger partial charge in [-0.2, -0.15) is 0 Å². The van der Waals surface area contributed by atoms with Gasteiger partial charge >= 0.3 is 0 Å². The number of sulfonamides is 1. The van der Waals surface area contributed by atoms with Crippen LogP contribution in [0.5, 0.6) is 11.5 Å². The van der Waals surface area contributed by atoms with E-state index in [-0.39, 0.29) is 21.4 Å². The van der Waals surface area contributed by atoms with Crippen LogP contribution >= 0.6 is 11.6 Å². The molecule has 1 N–H and O–H groups in total. The molecule has 0 spiro atoms. The fourth-order valence-corrected chi connectivity index (χ4v) is 5.02. The van der Waals surface area contributed by atoms with Gasteiger partial charge in [-0.05, 0) is 67.4 Å². The van der Waals surface area contributed by atoms with E-state index < -0.39 is 28.3 Å². The van der Waals surface area contributed by atoms with Gasteiger partial charge in [-0.3, -0.25) is 9.10 Å². The summed E-state index contributed by atoms with van der Waals surface area (Å²) < 4.78 is 52.3. The molecule has 7 nitrogen and oxygen atoms in total. The monoisotopic (exact) mass is 506 g/mol. The number of carbonyl (C=O) groups is 1. The van der Waals surface area contributed by atoms with Gasteiger partial charge in [0, 0.05) is 11.8 Å². The number of halogens is 2. The number of methoxy groups -OCH3 is 2. The summed E-state index contributed by atoms with van der Waals surface area (Å²) in [7, 11) is -1.35. The summed E-state index contributed by atoms with van der Waals surface area (Å²) in [5.74, 6) is -0.668. The Labute approximate surface area is 203 Å². The van der Waals surface area contributed by atoms with E-state index in [9.17, 15) is 17.6 Å². The molecule has 0 aliphatic rings. The van der Waals surface area contributed by atoms with Crippen molar-refractivity contribution >= 4 is 38.9 Å². The largest absolute Gasteiger partial charge is 0.493 e. The lowest BCUT2D eigenvalue weighted by atomic mass is 10.1. The SMILES string of the molecule is COc1ccc(S(=O)(=O)N(CC(=O)Nc2ccc(F)c(Cl)c2)c2cc(C)cc(C)c2)cc1OC. The highest BCUT2D eigenvalue weighted by molar-refractivity contribution is 7.92. The number of amides is 1. The second kappa shape index (κ2) is 10.3. The highest BCUT2D eigenvalue weighted by Gasteiger charge is 2.29. The smallest absolute Gasteiger partial charge is 0.264 e. The van der Waals surface area contributed by atoms with Crippen molar-refractivity contribution in [1.82, 2.24) is 0 Å². The highest BCUT2D eigenvalue weighted by atomic mass is 35.5. The van der Waals surface area contributed by atoms with Gasteiger partial charge in [-0.15, -0.1) is 0 Å². The number of ether oxygens (including phenoxy) is 2. The molecule has 180 valence electrons. The maximum Gasteiger partial charge on any atom is 0.264 e. The molecule has 10 heteroatoms. The number of benzene rings is 3. The molecule has 3 rings (SSSR count). The minimum absolute atomic E-state index is 0.0815. The molecule has 0 aliphatic heterocycles. The van der Waals surface area contributed by atoms with E-state index in [1.165, 1.54) is 44.6 Å². The third kappa shape index (κ3) is 5.60. The molecule has 0 heterocycles. The second-order valence-corrected chi connectivity index (χ2v) is 9.82. The Hall–Kier alpha value is -3.30. The van der Waals surface area contributed by atoms with Crippen molar-refractivity contribution in [3.8, 4) is 11.5 Å². The predicted octanol–water partition coefficient (Wildman–Crippen LogP) is 4.95. The van der Waals surface area contributed by atoms with Crippen LogP contribution in [0.25, 0.3) is 0 Å². The van der Waals surface area contributed by atoms with E-state index in [4.69, 9.17) is 21.1 Å². The van der Waals surface area contributed by atoms with E-state index in [1.54, 1.807) is 12.1 Å². The Kier molecular flexibility index (Phi) is 7.68. The molecule has 1 amide bonds. The highest BCUT2D eigenvalue weighted by Crippen LogP contribution is 2.33. The van der Waals surface area contributed by atoms with Gasteiger partial charge < -0.3 is 14.8 Å². The van der Waals surface area contributed by atoms with Crippen LogP contribution in [0, 0.1) is 19.7 Å². The van der Waals surface area contributed by atoms with E-state index in [0.29, 0.717) is 11.4 Å². The summed E-state index contributed by atoms with van der Waals surface area (Å²) >= 11 is 5.78.